The average Bonchev–Trinajstić information content (AvgIpc) is 3.09. The smallest absolute Gasteiger partial charge is 0.261 e. The van der Waals surface area contributed by atoms with Gasteiger partial charge in [-0.2, -0.15) is 5.10 Å². The van der Waals surface area contributed by atoms with Gasteiger partial charge in [0.1, 0.15) is 0 Å². The Labute approximate surface area is 139 Å². The first kappa shape index (κ1) is 15.9. The number of hydrogen-bond acceptors (Lipinski definition) is 4. The molecule has 2 N–H and O–H groups in total. The van der Waals surface area contributed by atoms with Crippen LogP contribution in [0, 0.1) is 0 Å². The number of H-pyrrole nitrogens is 1. The number of hydrogen-bond donors (Lipinski definition) is 2. The maximum absolute atomic E-state index is 12.5. The van der Waals surface area contributed by atoms with Crippen LogP contribution < -0.4 is 4.72 Å². The maximum Gasteiger partial charge on any atom is 0.261 e. The molecule has 0 aliphatic heterocycles. The molecule has 0 bridgehead atoms. The summed E-state index contributed by atoms with van der Waals surface area (Å²) in [4.78, 5) is 11.5. The van der Waals surface area contributed by atoms with Gasteiger partial charge < -0.3 is 0 Å². The monoisotopic (exact) mass is 341 g/mol. The summed E-state index contributed by atoms with van der Waals surface area (Å²) in [7, 11) is -3.78. The molecular weight excluding hydrogens is 326 g/mol. The van der Waals surface area contributed by atoms with Gasteiger partial charge in [0.05, 0.1) is 10.6 Å². The van der Waals surface area contributed by atoms with Crippen molar-refractivity contribution in [3.05, 3.63) is 66.4 Å². The number of aromatic amines is 1. The minimum atomic E-state index is -3.78. The zero-order chi connectivity index (χ0) is 17.2. The summed E-state index contributed by atoms with van der Waals surface area (Å²) >= 11 is 0. The molecule has 0 fully saturated rings. The number of aromatic nitrogens is 2. The van der Waals surface area contributed by atoms with Crippen LogP contribution in [0.5, 0.6) is 0 Å². The molecule has 0 saturated heterocycles. The SMILES string of the molecule is CC(=O)c1cccc(S(=O)(=O)Nc2cccc(-c3ccn[nH]3)c2)c1. The summed E-state index contributed by atoms with van der Waals surface area (Å²) < 4.78 is 27.6. The van der Waals surface area contributed by atoms with Gasteiger partial charge in [-0.15, -0.1) is 0 Å². The van der Waals surface area contributed by atoms with Crippen molar-refractivity contribution in [2.45, 2.75) is 11.8 Å². The van der Waals surface area contributed by atoms with Gasteiger partial charge in [-0.3, -0.25) is 14.6 Å². The van der Waals surface area contributed by atoms with Crippen molar-refractivity contribution >= 4 is 21.5 Å². The molecule has 0 aliphatic rings. The van der Waals surface area contributed by atoms with E-state index in [0.717, 1.165) is 11.3 Å². The van der Waals surface area contributed by atoms with E-state index in [-0.39, 0.29) is 10.7 Å². The first-order valence-corrected chi connectivity index (χ1v) is 8.68. The zero-order valence-corrected chi connectivity index (χ0v) is 13.7. The highest BCUT2D eigenvalue weighted by atomic mass is 32.2. The standard InChI is InChI=1S/C17H15N3O3S/c1-12(21)13-4-3-7-16(11-13)24(22,23)20-15-6-2-5-14(10-15)17-8-9-18-19-17/h2-11,20H,1H3,(H,18,19). The molecular formula is C17H15N3O3S. The van der Waals surface area contributed by atoms with E-state index in [2.05, 4.69) is 14.9 Å². The molecule has 1 heterocycles. The van der Waals surface area contributed by atoms with Crippen LogP contribution in [-0.4, -0.2) is 24.4 Å². The number of benzene rings is 2. The van der Waals surface area contributed by atoms with Crippen LogP contribution in [0.1, 0.15) is 17.3 Å². The Morgan fingerprint density at radius 2 is 1.88 bits per heavy atom. The Hall–Kier alpha value is -2.93. The minimum absolute atomic E-state index is 0.0437. The number of carbonyl (C=O) groups is 1. The molecule has 122 valence electrons. The lowest BCUT2D eigenvalue weighted by Crippen LogP contribution is -2.13. The second-order valence-electron chi connectivity index (χ2n) is 5.24. The molecule has 0 amide bonds. The number of carbonyl (C=O) groups excluding carboxylic acids is 1. The van der Waals surface area contributed by atoms with Crippen molar-refractivity contribution in [3.63, 3.8) is 0 Å². The minimum Gasteiger partial charge on any atom is -0.295 e. The summed E-state index contributed by atoms with van der Waals surface area (Å²) in [5, 5.41) is 6.71. The van der Waals surface area contributed by atoms with Crippen LogP contribution in [-0.2, 0) is 10.0 Å². The van der Waals surface area contributed by atoms with Crippen molar-refractivity contribution in [3.8, 4) is 11.3 Å². The van der Waals surface area contributed by atoms with E-state index in [1.165, 1.54) is 19.1 Å². The lowest BCUT2D eigenvalue weighted by Gasteiger charge is -2.10. The van der Waals surface area contributed by atoms with Crippen molar-refractivity contribution in [1.29, 1.82) is 0 Å². The van der Waals surface area contributed by atoms with Crippen LogP contribution in [0.4, 0.5) is 5.69 Å². The molecule has 3 rings (SSSR count). The number of nitrogens with one attached hydrogen (secondary N) is 2. The number of anilines is 1. The van der Waals surface area contributed by atoms with Crippen LogP contribution >= 0.6 is 0 Å². The molecule has 2 aromatic carbocycles. The first-order chi connectivity index (χ1) is 11.5. The van der Waals surface area contributed by atoms with E-state index in [1.54, 1.807) is 42.6 Å². The summed E-state index contributed by atoms with van der Waals surface area (Å²) in [6.07, 6.45) is 1.62. The van der Waals surface area contributed by atoms with Crippen LogP contribution in [0.25, 0.3) is 11.3 Å². The Kier molecular flexibility index (Phi) is 4.18. The van der Waals surface area contributed by atoms with Crippen molar-refractivity contribution in [2.24, 2.45) is 0 Å². The van der Waals surface area contributed by atoms with E-state index in [1.807, 2.05) is 6.07 Å². The summed E-state index contributed by atoms with van der Waals surface area (Å²) in [5.74, 6) is -0.187. The molecule has 0 saturated carbocycles. The van der Waals surface area contributed by atoms with Gasteiger partial charge in [-0.1, -0.05) is 24.3 Å². The topological polar surface area (TPSA) is 91.9 Å². The Bertz CT molecular complexity index is 980. The molecule has 1 aromatic heterocycles. The van der Waals surface area contributed by atoms with E-state index in [9.17, 15) is 13.2 Å². The van der Waals surface area contributed by atoms with Gasteiger partial charge in [0.15, 0.2) is 5.78 Å². The fourth-order valence-electron chi connectivity index (χ4n) is 2.26. The zero-order valence-electron chi connectivity index (χ0n) is 12.9. The van der Waals surface area contributed by atoms with Gasteiger partial charge in [-0.25, -0.2) is 8.42 Å². The molecule has 3 aromatic rings. The second kappa shape index (κ2) is 6.29. The number of rotatable bonds is 5. The largest absolute Gasteiger partial charge is 0.295 e. The summed E-state index contributed by atoms with van der Waals surface area (Å²) in [6, 6.07) is 14.7. The molecule has 0 aliphatic carbocycles. The normalized spacial score (nSPS) is 11.2. The van der Waals surface area contributed by atoms with Crippen molar-refractivity contribution in [1.82, 2.24) is 10.2 Å². The molecule has 0 spiro atoms. The van der Waals surface area contributed by atoms with Gasteiger partial charge in [0.2, 0.25) is 0 Å². The van der Waals surface area contributed by atoms with Gasteiger partial charge in [0, 0.05) is 23.0 Å². The first-order valence-electron chi connectivity index (χ1n) is 7.19. The highest BCUT2D eigenvalue weighted by Gasteiger charge is 2.16. The molecule has 0 atom stereocenters. The number of Topliss-reactive ketones (excluding diaryl/α,β-unsaturated/α-hetero) is 1. The van der Waals surface area contributed by atoms with Crippen LogP contribution in [0.3, 0.4) is 0 Å². The highest BCUT2D eigenvalue weighted by Crippen LogP contribution is 2.23. The number of sulfonamides is 1. The third-order valence-corrected chi connectivity index (χ3v) is 4.86. The van der Waals surface area contributed by atoms with E-state index >= 15 is 0 Å². The maximum atomic E-state index is 12.5. The van der Waals surface area contributed by atoms with Crippen LogP contribution in [0.15, 0.2) is 65.7 Å². The fraction of sp³-hybridized carbons (Fsp3) is 0.0588. The predicted octanol–water partition coefficient (Wildman–Crippen LogP) is 3.08. The molecule has 0 radical (unpaired) electrons. The molecule has 6 nitrogen and oxygen atoms in total. The molecule has 24 heavy (non-hydrogen) atoms. The van der Waals surface area contributed by atoms with E-state index in [4.69, 9.17) is 0 Å². The summed E-state index contributed by atoms with van der Waals surface area (Å²) in [6.45, 7) is 1.40. The summed E-state index contributed by atoms with van der Waals surface area (Å²) in [5.41, 5.74) is 2.37. The third-order valence-electron chi connectivity index (χ3n) is 3.48. The molecule has 0 unspecified atom stereocenters. The quantitative estimate of drug-likeness (QED) is 0.698. The third kappa shape index (κ3) is 3.36. The average molecular weight is 341 g/mol. The van der Waals surface area contributed by atoms with E-state index < -0.39 is 10.0 Å². The van der Waals surface area contributed by atoms with Gasteiger partial charge in [-0.05, 0) is 37.3 Å². The Morgan fingerprint density at radius 1 is 1.08 bits per heavy atom. The number of ketones is 1. The Morgan fingerprint density at radius 3 is 2.58 bits per heavy atom. The van der Waals surface area contributed by atoms with Crippen molar-refractivity contribution < 1.29 is 13.2 Å². The lowest BCUT2D eigenvalue weighted by molar-refractivity contribution is 0.101. The fourth-order valence-corrected chi connectivity index (χ4v) is 3.36. The highest BCUT2D eigenvalue weighted by molar-refractivity contribution is 7.92. The predicted molar refractivity (Wildman–Crippen MR) is 91.3 cm³/mol. The van der Waals surface area contributed by atoms with Crippen LogP contribution in [0.2, 0.25) is 0 Å². The molecule has 7 heteroatoms. The lowest BCUT2D eigenvalue weighted by atomic mass is 10.1. The number of nitrogens with zero attached hydrogens (tertiary/aromatic N) is 1. The van der Waals surface area contributed by atoms with E-state index in [0.29, 0.717) is 11.3 Å². The van der Waals surface area contributed by atoms with Gasteiger partial charge >= 0.3 is 0 Å². The Balaban J connectivity index is 1.91. The van der Waals surface area contributed by atoms with Gasteiger partial charge in [0.25, 0.3) is 10.0 Å². The van der Waals surface area contributed by atoms with Crippen molar-refractivity contribution in [2.75, 3.05) is 4.72 Å². The second-order valence-corrected chi connectivity index (χ2v) is 6.92.